The molecule has 3 saturated carbocycles. The van der Waals surface area contributed by atoms with Crippen LogP contribution in [0.15, 0.2) is 11.6 Å². The molecule has 0 amide bonds. The monoisotopic (exact) mass is 374 g/mol. The molecule has 5 nitrogen and oxygen atoms in total. The Bertz CT molecular complexity index is 728. The topological polar surface area (TPSA) is 72.8 Å². The van der Waals surface area contributed by atoms with Crippen LogP contribution >= 0.6 is 0 Å². The lowest BCUT2D eigenvalue weighted by Gasteiger charge is -2.58. The fourth-order valence-electron chi connectivity index (χ4n) is 8.15. The Morgan fingerprint density at radius 3 is 2.78 bits per heavy atom. The highest BCUT2D eigenvalue weighted by Crippen LogP contribution is 2.74. The third-order valence-corrected chi connectivity index (χ3v) is 9.12. The number of carbonyl (C=O) groups excluding carboxylic acids is 2. The van der Waals surface area contributed by atoms with Gasteiger partial charge in [-0.1, -0.05) is 12.5 Å². The van der Waals surface area contributed by atoms with Crippen molar-refractivity contribution in [2.45, 2.75) is 70.2 Å². The van der Waals surface area contributed by atoms with E-state index in [1.165, 1.54) is 5.57 Å². The summed E-state index contributed by atoms with van der Waals surface area (Å²) in [6.45, 7) is 1.89. The third kappa shape index (κ3) is 2.01. The van der Waals surface area contributed by atoms with Gasteiger partial charge in [-0.15, -0.1) is 0 Å². The van der Waals surface area contributed by atoms with Crippen LogP contribution in [-0.4, -0.2) is 42.3 Å². The average Bonchev–Trinajstić information content (AvgIpc) is 3.11. The number of hydrogen-bond donors (Lipinski definition) is 1. The van der Waals surface area contributed by atoms with E-state index in [0.29, 0.717) is 18.3 Å². The Balaban J connectivity index is 1.60. The summed E-state index contributed by atoms with van der Waals surface area (Å²) in [6, 6.07) is 0. The van der Waals surface area contributed by atoms with Crippen molar-refractivity contribution in [3.05, 3.63) is 11.6 Å². The zero-order valence-corrected chi connectivity index (χ0v) is 16.3. The van der Waals surface area contributed by atoms with Gasteiger partial charge >= 0.3 is 0 Å². The lowest BCUT2D eigenvalue weighted by atomic mass is 9.45. The molecule has 5 rings (SSSR count). The molecule has 7 atom stereocenters. The molecule has 1 heterocycles. The predicted octanol–water partition coefficient (Wildman–Crippen LogP) is 2.80. The number of ether oxygens (including phenoxy) is 2. The maximum Gasteiger partial charge on any atom is 0.167 e. The van der Waals surface area contributed by atoms with E-state index >= 15 is 0 Å². The molecule has 1 spiro atoms. The van der Waals surface area contributed by atoms with E-state index in [0.717, 1.165) is 44.9 Å². The minimum absolute atomic E-state index is 0.00879. The van der Waals surface area contributed by atoms with Gasteiger partial charge in [0, 0.05) is 30.8 Å². The van der Waals surface area contributed by atoms with Gasteiger partial charge in [0.1, 0.15) is 6.61 Å². The van der Waals surface area contributed by atoms with Crippen LogP contribution in [0.5, 0.6) is 0 Å². The van der Waals surface area contributed by atoms with E-state index in [2.05, 4.69) is 6.92 Å². The Labute approximate surface area is 160 Å². The van der Waals surface area contributed by atoms with Crippen LogP contribution in [-0.2, 0) is 19.1 Å². The second-order valence-electron chi connectivity index (χ2n) is 9.72. The molecule has 5 heteroatoms. The summed E-state index contributed by atoms with van der Waals surface area (Å²) in [5.74, 6) is 0.851. The molecule has 0 unspecified atom stereocenters. The van der Waals surface area contributed by atoms with Gasteiger partial charge in [-0.2, -0.15) is 0 Å². The highest BCUT2D eigenvalue weighted by molar-refractivity contribution is 5.92. The maximum atomic E-state index is 12.5. The number of aliphatic hydroxyl groups is 1. The SMILES string of the molecule is CO[C@H]1O[C@]23CCC4=CC(=O)CC[C@@]41[C@@H]2CC[C@]1(C)[C@H](C(=O)CO)CC[C@@H]13. The summed E-state index contributed by atoms with van der Waals surface area (Å²) < 4.78 is 12.7. The molecule has 0 aromatic rings. The van der Waals surface area contributed by atoms with E-state index in [9.17, 15) is 14.7 Å². The first-order valence-corrected chi connectivity index (χ1v) is 10.5. The highest BCUT2D eigenvalue weighted by Gasteiger charge is 2.74. The Morgan fingerprint density at radius 2 is 2.04 bits per heavy atom. The smallest absolute Gasteiger partial charge is 0.167 e. The largest absolute Gasteiger partial charge is 0.389 e. The van der Waals surface area contributed by atoms with Crippen molar-refractivity contribution in [1.82, 2.24) is 0 Å². The number of carbonyl (C=O) groups is 2. The average molecular weight is 374 g/mol. The lowest BCUT2D eigenvalue weighted by Crippen LogP contribution is -2.59. The third-order valence-electron chi connectivity index (χ3n) is 9.12. The van der Waals surface area contributed by atoms with Gasteiger partial charge in [0.15, 0.2) is 17.9 Å². The fourth-order valence-corrected chi connectivity index (χ4v) is 8.15. The first-order chi connectivity index (χ1) is 12.9. The molecule has 148 valence electrons. The van der Waals surface area contributed by atoms with Crippen molar-refractivity contribution in [2.24, 2.45) is 28.6 Å². The van der Waals surface area contributed by atoms with Crippen LogP contribution in [0.2, 0.25) is 0 Å². The van der Waals surface area contributed by atoms with Gasteiger partial charge < -0.3 is 14.6 Å². The summed E-state index contributed by atoms with van der Waals surface area (Å²) in [5, 5.41) is 9.48. The van der Waals surface area contributed by atoms with Crippen molar-refractivity contribution in [2.75, 3.05) is 13.7 Å². The zero-order valence-electron chi connectivity index (χ0n) is 16.3. The first kappa shape index (κ1) is 18.0. The molecule has 4 fully saturated rings. The van der Waals surface area contributed by atoms with Crippen molar-refractivity contribution < 1.29 is 24.2 Å². The number of ketones is 2. The summed E-state index contributed by atoms with van der Waals surface area (Å²) in [4.78, 5) is 24.6. The highest BCUT2D eigenvalue weighted by atomic mass is 16.7. The summed E-state index contributed by atoms with van der Waals surface area (Å²) in [7, 11) is 1.72. The van der Waals surface area contributed by atoms with Crippen LogP contribution in [0.3, 0.4) is 0 Å². The Morgan fingerprint density at radius 1 is 1.22 bits per heavy atom. The van der Waals surface area contributed by atoms with Gasteiger partial charge in [-0.3, -0.25) is 9.59 Å². The zero-order chi connectivity index (χ0) is 19.0. The first-order valence-electron chi connectivity index (χ1n) is 10.5. The maximum absolute atomic E-state index is 12.5. The van der Waals surface area contributed by atoms with Crippen LogP contribution in [0, 0.1) is 28.6 Å². The van der Waals surface area contributed by atoms with Crippen molar-refractivity contribution >= 4 is 11.6 Å². The molecule has 1 saturated heterocycles. The number of hydrogen-bond acceptors (Lipinski definition) is 5. The van der Waals surface area contributed by atoms with Crippen LogP contribution in [0.1, 0.15) is 58.3 Å². The Hall–Kier alpha value is -1.04. The molecule has 1 aliphatic heterocycles. The number of aliphatic hydroxyl groups excluding tert-OH is 1. The molecule has 27 heavy (non-hydrogen) atoms. The number of methoxy groups -OCH3 is 1. The molecular formula is C22H30O5. The van der Waals surface area contributed by atoms with E-state index < -0.39 is 0 Å². The molecule has 4 aliphatic carbocycles. The van der Waals surface area contributed by atoms with E-state index in [-0.39, 0.29) is 46.8 Å². The van der Waals surface area contributed by atoms with Gasteiger partial charge in [-0.05, 0) is 62.4 Å². The summed E-state index contributed by atoms with van der Waals surface area (Å²) >= 11 is 0. The van der Waals surface area contributed by atoms with E-state index in [1.807, 2.05) is 6.08 Å². The molecular weight excluding hydrogens is 344 g/mol. The Kier molecular flexibility index (Phi) is 3.83. The standard InChI is InChI=1S/C22H30O5/c1-20-8-7-18-21-9-6-14(24)11-13(21)5-10-22(18,27-19(21)26-2)17(20)4-3-15(20)16(25)12-23/h11,15,17-19,23H,3-10,12H2,1-2H3/t15-,17-,18-,19-,20+,21-,22-/m0/s1. The van der Waals surface area contributed by atoms with Gasteiger partial charge in [0.05, 0.1) is 5.60 Å². The van der Waals surface area contributed by atoms with Gasteiger partial charge in [0.2, 0.25) is 0 Å². The van der Waals surface area contributed by atoms with Crippen molar-refractivity contribution in [3.63, 3.8) is 0 Å². The van der Waals surface area contributed by atoms with Crippen LogP contribution in [0.4, 0.5) is 0 Å². The number of Topliss-reactive ketones (excluding diaryl/α,β-unsaturated/α-hetero) is 1. The number of fused-ring (bicyclic) bond motifs is 1. The minimum atomic E-state index is -0.357. The minimum Gasteiger partial charge on any atom is -0.389 e. The molecule has 5 aliphatic rings. The fraction of sp³-hybridized carbons (Fsp3) is 0.818. The normalized spacial score (nSPS) is 50.6. The van der Waals surface area contributed by atoms with Crippen LogP contribution in [0.25, 0.3) is 0 Å². The second-order valence-corrected chi connectivity index (χ2v) is 9.72. The lowest BCUT2D eigenvalue weighted by molar-refractivity contribution is -0.209. The predicted molar refractivity (Wildman–Crippen MR) is 97.7 cm³/mol. The van der Waals surface area contributed by atoms with Gasteiger partial charge in [0.25, 0.3) is 0 Å². The van der Waals surface area contributed by atoms with E-state index in [4.69, 9.17) is 9.47 Å². The summed E-state index contributed by atoms with van der Waals surface area (Å²) in [6.07, 6.45) is 8.63. The van der Waals surface area contributed by atoms with Crippen LogP contribution < -0.4 is 0 Å². The summed E-state index contributed by atoms with van der Waals surface area (Å²) in [5.41, 5.74) is 0.719. The molecule has 2 bridgehead atoms. The quantitative estimate of drug-likeness (QED) is 0.822. The van der Waals surface area contributed by atoms with Crippen molar-refractivity contribution in [3.8, 4) is 0 Å². The van der Waals surface area contributed by atoms with Crippen molar-refractivity contribution in [1.29, 1.82) is 0 Å². The molecule has 0 aromatic carbocycles. The molecule has 0 aromatic heterocycles. The van der Waals surface area contributed by atoms with E-state index in [1.54, 1.807) is 7.11 Å². The molecule has 0 radical (unpaired) electrons. The number of rotatable bonds is 3. The van der Waals surface area contributed by atoms with Gasteiger partial charge in [-0.25, -0.2) is 0 Å². The second kappa shape index (κ2) is 5.74. The molecule has 1 N–H and O–H groups in total.